The van der Waals surface area contributed by atoms with Gasteiger partial charge in [0.25, 0.3) is 0 Å². The van der Waals surface area contributed by atoms with Crippen molar-refractivity contribution in [1.82, 2.24) is 15.2 Å². The third kappa shape index (κ3) is 7.58. The van der Waals surface area contributed by atoms with E-state index in [9.17, 15) is 9.59 Å². The van der Waals surface area contributed by atoms with Gasteiger partial charge in [-0.1, -0.05) is 29.3 Å². The molecule has 3 atom stereocenters. The molecule has 2 amide bonds. The van der Waals surface area contributed by atoms with Crippen molar-refractivity contribution in [3.05, 3.63) is 57.7 Å². The number of carbonyl (C=O) groups is 2. The van der Waals surface area contributed by atoms with Crippen molar-refractivity contribution in [3.8, 4) is 11.9 Å². The van der Waals surface area contributed by atoms with Gasteiger partial charge in [-0.3, -0.25) is 4.79 Å². The first-order valence-electron chi connectivity index (χ1n) is 13.7. The molecule has 10 heteroatoms. The van der Waals surface area contributed by atoms with Gasteiger partial charge in [-0.25, -0.2) is 9.78 Å². The number of likely N-dealkylation sites (tertiary alicyclic amines) is 1. The van der Waals surface area contributed by atoms with Crippen molar-refractivity contribution in [2.24, 2.45) is 11.8 Å². The van der Waals surface area contributed by atoms with Crippen LogP contribution in [-0.4, -0.2) is 52.7 Å². The molecule has 1 N–H and O–H groups in total. The molecule has 1 aliphatic heterocycles. The van der Waals surface area contributed by atoms with Crippen LogP contribution in [0, 0.1) is 23.2 Å². The Morgan fingerprint density at radius 3 is 2.42 bits per heavy atom. The minimum Gasteiger partial charge on any atom is -0.474 e. The van der Waals surface area contributed by atoms with E-state index >= 15 is 0 Å². The second-order valence-corrected chi connectivity index (χ2v) is 12.5. The average Bonchev–Trinajstić information content (AvgIpc) is 3.35. The predicted molar refractivity (Wildman–Crippen MR) is 153 cm³/mol. The Hall–Kier alpha value is -3.02. The van der Waals surface area contributed by atoms with Crippen molar-refractivity contribution < 1.29 is 19.1 Å². The molecular formula is C30H36Cl2N4O4. The van der Waals surface area contributed by atoms with Crippen LogP contribution in [0.3, 0.4) is 0 Å². The number of nitrogens with zero attached hydrogens (tertiary/aromatic N) is 3. The lowest BCUT2D eigenvalue weighted by atomic mass is 9.85. The molecule has 1 saturated carbocycles. The Kier molecular flexibility index (Phi) is 9.48. The van der Waals surface area contributed by atoms with Gasteiger partial charge in [0.15, 0.2) is 0 Å². The molecule has 214 valence electrons. The predicted octanol–water partition coefficient (Wildman–Crippen LogP) is 6.35. The van der Waals surface area contributed by atoms with Crippen LogP contribution in [0.2, 0.25) is 10.0 Å². The minimum atomic E-state index is -0.550. The normalized spacial score (nSPS) is 23.7. The first-order chi connectivity index (χ1) is 18.9. The number of amides is 2. The summed E-state index contributed by atoms with van der Waals surface area (Å²) in [5.41, 5.74) is 0.913. The molecule has 4 rings (SSSR count). The summed E-state index contributed by atoms with van der Waals surface area (Å²) in [5, 5.41) is 13.0. The highest BCUT2D eigenvalue weighted by molar-refractivity contribution is 6.42. The molecule has 0 radical (unpaired) electrons. The Bertz CT molecular complexity index is 1250. The monoisotopic (exact) mass is 586 g/mol. The average molecular weight is 588 g/mol. The van der Waals surface area contributed by atoms with Crippen molar-refractivity contribution in [2.45, 2.75) is 77.0 Å². The van der Waals surface area contributed by atoms with E-state index in [1.54, 1.807) is 18.2 Å². The van der Waals surface area contributed by atoms with E-state index in [1.807, 2.05) is 44.7 Å². The maximum atomic E-state index is 13.7. The first kappa shape index (κ1) is 30.0. The number of halogens is 2. The van der Waals surface area contributed by atoms with Gasteiger partial charge in [0, 0.05) is 49.1 Å². The summed E-state index contributed by atoms with van der Waals surface area (Å²) < 4.78 is 11.6. The molecule has 1 aromatic heterocycles. The second kappa shape index (κ2) is 12.7. The molecule has 2 fully saturated rings. The van der Waals surface area contributed by atoms with Crippen LogP contribution in [0.4, 0.5) is 4.79 Å². The summed E-state index contributed by atoms with van der Waals surface area (Å²) in [5.74, 6) is 0.453. The summed E-state index contributed by atoms with van der Waals surface area (Å²) in [6.07, 6.45) is 3.68. The highest BCUT2D eigenvalue weighted by atomic mass is 35.5. The van der Waals surface area contributed by atoms with Crippen molar-refractivity contribution in [2.75, 3.05) is 13.1 Å². The van der Waals surface area contributed by atoms with E-state index < -0.39 is 11.7 Å². The lowest BCUT2D eigenvalue weighted by Crippen LogP contribution is -2.43. The zero-order chi connectivity index (χ0) is 29.0. The highest BCUT2D eigenvalue weighted by Gasteiger charge is 2.42. The first-order valence-corrected chi connectivity index (χ1v) is 14.4. The minimum absolute atomic E-state index is 0.00234. The maximum Gasteiger partial charge on any atom is 0.407 e. The van der Waals surface area contributed by atoms with Gasteiger partial charge < -0.3 is 19.7 Å². The molecule has 0 spiro atoms. The van der Waals surface area contributed by atoms with E-state index in [0.717, 1.165) is 18.4 Å². The number of hydrogen-bond donors (Lipinski definition) is 1. The second-order valence-electron chi connectivity index (χ2n) is 11.7. The van der Waals surface area contributed by atoms with Crippen LogP contribution < -0.4 is 10.1 Å². The van der Waals surface area contributed by atoms with Crippen LogP contribution in [0.5, 0.6) is 5.88 Å². The van der Waals surface area contributed by atoms with Gasteiger partial charge in [0.1, 0.15) is 17.8 Å². The molecule has 2 aliphatic rings. The zero-order valence-corrected chi connectivity index (χ0v) is 24.8. The molecule has 1 aliphatic carbocycles. The summed E-state index contributed by atoms with van der Waals surface area (Å²) in [6.45, 7) is 8.58. The van der Waals surface area contributed by atoms with Crippen molar-refractivity contribution >= 4 is 35.2 Å². The lowest BCUT2D eigenvalue weighted by molar-refractivity contribution is -0.135. The van der Waals surface area contributed by atoms with Crippen LogP contribution in [0.15, 0.2) is 36.5 Å². The standard InChI is InChI=1S/C30H36Cl2N4O4/c1-18(39-27-12-5-19(14-33)15-34-27)23-16-36(17-24(23)21-8-11-25(31)26(32)13-21)28(37)20-6-9-22(10-7-20)35-29(38)40-30(2,3)4/h5,8,11-13,15,18,20,22-24H,6-7,9-10,16-17H2,1-4H3,(H,35,38)/t18-,20?,22?,23+,24+/m0/s1. The molecule has 2 heterocycles. The maximum absolute atomic E-state index is 13.7. The molecule has 1 saturated heterocycles. The number of aromatic nitrogens is 1. The number of pyridine rings is 1. The number of carbonyl (C=O) groups excluding carboxylic acids is 2. The van der Waals surface area contributed by atoms with Crippen LogP contribution >= 0.6 is 23.2 Å². The van der Waals surface area contributed by atoms with Crippen LogP contribution in [0.1, 0.15) is 70.4 Å². The van der Waals surface area contributed by atoms with Gasteiger partial charge in [-0.05, 0) is 77.1 Å². The third-order valence-corrected chi connectivity index (χ3v) is 8.36. The topological polar surface area (TPSA) is 105 Å². The van der Waals surface area contributed by atoms with Crippen molar-refractivity contribution in [1.29, 1.82) is 5.26 Å². The highest BCUT2D eigenvalue weighted by Crippen LogP contribution is 2.39. The Morgan fingerprint density at radius 1 is 1.10 bits per heavy atom. The Morgan fingerprint density at radius 2 is 1.82 bits per heavy atom. The van der Waals surface area contributed by atoms with E-state index in [1.165, 1.54) is 6.20 Å². The Labute approximate surface area is 245 Å². The van der Waals surface area contributed by atoms with Crippen LogP contribution in [0.25, 0.3) is 0 Å². The molecule has 8 nitrogen and oxygen atoms in total. The number of nitrogens with one attached hydrogen (secondary N) is 1. The SMILES string of the molecule is C[C@H](Oc1ccc(C#N)cn1)[C@H]1CN(C(=O)C2CCC(NC(=O)OC(C)(C)C)CC2)C[C@@H]1c1ccc(Cl)c(Cl)c1. The molecular weight excluding hydrogens is 551 g/mol. The summed E-state index contributed by atoms with van der Waals surface area (Å²) in [6, 6.07) is 11.0. The van der Waals surface area contributed by atoms with Gasteiger partial charge in [-0.2, -0.15) is 5.26 Å². The largest absolute Gasteiger partial charge is 0.474 e. The van der Waals surface area contributed by atoms with Gasteiger partial charge in [0.05, 0.1) is 15.6 Å². The van der Waals surface area contributed by atoms with E-state index in [-0.39, 0.29) is 35.8 Å². The summed E-state index contributed by atoms with van der Waals surface area (Å²) in [4.78, 5) is 32.1. The Balaban J connectivity index is 1.43. The number of alkyl carbamates (subject to hydrolysis) is 1. The van der Waals surface area contributed by atoms with Gasteiger partial charge in [0.2, 0.25) is 11.8 Å². The van der Waals surface area contributed by atoms with Crippen molar-refractivity contribution in [3.63, 3.8) is 0 Å². The number of ether oxygens (including phenoxy) is 2. The quantitative estimate of drug-likeness (QED) is 0.422. The van der Waals surface area contributed by atoms with Gasteiger partial charge in [-0.15, -0.1) is 0 Å². The fourth-order valence-corrected chi connectivity index (χ4v) is 5.90. The lowest BCUT2D eigenvalue weighted by Gasteiger charge is -2.31. The number of benzene rings is 1. The molecule has 2 aromatic rings. The molecule has 0 bridgehead atoms. The third-order valence-electron chi connectivity index (χ3n) is 7.62. The van der Waals surface area contributed by atoms with E-state index in [4.69, 9.17) is 37.9 Å². The molecule has 40 heavy (non-hydrogen) atoms. The number of rotatable bonds is 6. The number of hydrogen-bond acceptors (Lipinski definition) is 6. The van der Waals surface area contributed by atoms with Crippen LogP contribution in [-0.2, 0) is 9.53 Å². The zero-order valence-electron chi connectivity index (χ0n) is 23.3. The van der Waals surface area contributed by atoms with E-state index in [2.05, 4.69) is 16.4 Å². The number of nitriles is 1. The van der Waals surface area contributed by atoms with Gasteiger partial charge >= 0.3 is 6.09 Å². The summed E-state index contributed by atoms with van der Waals surface area (Å²) in [7, 11) is 0. The fourth-order valence-electron chi connectivity index (χ4n) is 5.59. The van der Waals surface area contributed by atoms with E-state index in [0.29, 0.717) is 47.4 Å². The smallest absolute Gasteiger partial charge is 0.407 e. The molecule has 1 aromatic carbocycles. The fraction of sp³-hybridized carbons (Fsp3) is 0.533. The molecule has 0 unspecified atom stereocenters. The summed E-state index contributed by atoms with van der Waals surface area (Å²) >= 11 is 12.6.